The number of aromatic nitrogens is 4. The minimum Gasteiger partial charge on any atom is -0.317 e. The van der Waals surface area contributed by atoms with Crippen LogP contribution in [0.2, 0.25) is 0 Å². The molecule has 0 unspecified atom stereocenters. The molecular formula is C13H21N5. The second-order valence-corrected chi connectivity index (χ2v) is 5.48. The third-order valence-electron chi connectivity index (χ3n) is 4.18. The van der Waals surface area contributed by atoms with Crippen molar-refractivity contribution < 1.29 is 0 Å². The van der Waals surface area contributed by atoms with E-state index in [0.717, 1.165) is 37.6 Å². The van der Waals surface area contributed by atoms with Crippen LogP contribution < -0.4 is 5.32 Å². The number of rotatable bonds is 2. The third-order valence-corrected chi connectivity index (χ3v) is 4.18. The first kappa shape index (κ1) is 12.0. The lowest BCUT2D eigenvalue weighted by atomic mass is 9.89. The first-order valence-electron chi connectivity index (χ1n) is 7.21. The van der Waals surface area contributed by atoms with Gasteiger partial charge in [0.05, 0.1) is 0 Å². The van der Waals surface area contributed by atoms with Gasteiger partial charge in [0.1, 0.15) is 0 Å². The molecule has 0 atom stereocenters. The van der Waals surface area contributed by atoms with Crippen molar-refractivity contribution in [3.05, 3.63) is 11.6 Å². The highest BCUT2D eigenvalue weighted by Gasteiger charge is 2.22. The fraction of sp³-hybridized carbons (Fsp3) is 0.846. The van der Waals surface area contributed by atoms with Gasteiger partial charge in [-0.3, -0.25) is 0 Å². The van der Waals surface area contributed by atoms with Crippen molar-refractivity contribution in [3.8, 4) is 0 Å². The van der Waals surface area contributed by atoms with Crippen LogP contribution in [0.3, 0.4) is 0 Å². The molecule has 2 heterocycles. The summed E-state index contributed by atoms with van der Waals surface area (Å²) in [4.78, 5) is 0. The Balaban J connectivity index is 1.67. The molecule has 2 aliphatic rings. The van der Waals surface area contributed by atoms with Crippen molar-refractivity contribution in [1.29, 1.82) is 0 Å². The van der Waals surface area contributed by atoms with Gasteiger partial charge in [-0.2, -0.15) is 0 Å². The van der Waals surface area contributed by atoms with Crippen molar-refractivity contribution in [1.82, 2.24) is 25.7 Å². The van der Waals surface area contributed by atoms with E-state index < -0.39 is 0 Å². The van der Waals surface area contributed by atoms with Gasteiger partial charge in [-0.15, -0.1) is 20.4 Å². The molecule has 18 heavy (non-hydrogen) atoms. The van der Waals surface area contributed by atoms with E-state index in [2.05, 4.69) is 25.7 Å². The van der Waals surface area contributed by atoms with Crippen molar-refractivity contribution >= 4 is 0 Å². The van der Waals surface area contributed by atoms with Gasteiger partial charge >= 0.3 is 0 Å². The predicted octanol–water partition coefficient (Wildman–Crippen LogP) is 1.78. The molecule has 1 aromatic heterocycles. The van der Waals surface area contributed by atoms with Crippen LogP contribution in [0.1, 0.15) is 68.4 Å². The second-order valence-electron chi connectivity index (χ2n) is 5.48. The molecule has 1 saturated carbocycles. The standard InChI is InChI=1S/C13H21N5/c1-2-4-10(5-3-1)12-15-17-13(18-16-12)11-6-8-14-9-7-11/h10-11,14H,1-9H2. The zero-order chi connectivity index (χ0) is 12.2. The van der Waals surface area contributed by atoms with Crippen molar-refractivity contribution in [2.24, 2.45) is 0 Å². The molecule has 2 fully saturated rings. The van der Waals surface area contributed by atoms with E-state index in [1.807, 2.05) is 0 Å². The smallest absolute Gasteiger partial charge is 0.176 e. The molecular weight excluding hydrogens is 226 g/mol. The molecule has 3 rings (SSSR count). The Hall–Kier alpha value is -1.10. The summed E-state index contributed by atoms with van der Waals surface area (Å²) in [5.41, 5.74) is 0. The first-order chi connectivity index (χ1) is 8.93. The van der Waals surface area contributed by atoms with Gasteiger partial charge in [-0.1, -0.05) is 19.3 Å². The van der Waals surface area contributed by atoms with E-state index in [-0.39, 0.29) is 0 Å². The van der Waals surface area contributed by atoms with Crippen LogP contribution in [0, 0.1) is 0 Å². The maximum atomic E-state index is 4.33. The molecule has 0 bridgehead atoms. The molecule has 5 nitrogen and oxygen atoms in total. The van der Waals surface area contributed by atoms with Crippen LogP contribution in [-0.2, 0) is 0 Å². The van der Waals surface area contributed by atoms with Gasteiger partial charge in [-0.25, -0.2) is 0 Å². The van der Waals surface area contributed by atoms with Crippen LogP contribution in [0.15, 0.2) is 0 Å². The molecule has 5 heteroatoms. The van der Waals surface area contributed by atoms with E-state index in [1.165, 1.54) is 32.1 Å². The summed E-state index contributed by atoms with van der Waals surface area (Å²) < 4.78 is 0. The van der Waals surface area contributed by atoms with Crippen molar-refractivity contribution in [2.75, 3.05) is 13.1 Å². The number of piperidine rings is 1. The lowest BCUT2D eigenvalue weighted by Gasteiger charge is -2.21. The van der Waals surface area contributed by atoms with E-state index >= 15 is 0 Å². The molecule has 1 aromatic rings. The summed E-state index contributed by atoms with van der Waals surface area (Å²) in [6.07, 6.45) is 8.56. The maximum absolute atomic E-state index is 4.33. The molecule has 0 radical (unpaired) electrons. The molecule has 1 aliphatic heterocycles. The Labute approximate surface area is 108 Å². The van der Waals surface area contributed by atoms with E-state index in [1.54, 1.807) is 0 Å². The Bertz CT molecular complexity index is 328. The minimum absolute atomic E-state index is 0.451. The molecule has 0 aromatic carbocycles. The molecule has 0 amide bonds. The number of nitrogens with one attached hydrogen (secondary N) is 1. The molecule has 0 spiro atoms. The van der Waals surface area contributed by atoms with Gasteiger partial charge in [0.25, 0.3) is 0 Å². The zero-order valence-corrected chi connectivity index (χ0v) is 10.8. The van der Waals surface area contributed by atoms with Gasteiger partial charge < -0.3 is 5.32 Å². The average molecular weight is 247 g/mol. The minimum atomic E-state index is 0.451. The Kier molecular flexibility index (Phi) is 3.78. The number of hydrogen-bond acceptors (Lipinski definition) is 5. The van der Waals surface area contributed by atoms with E-state index in [4.69, 9.17) is 0 Å². The van der Waals surface area contributed by atoms with E-state index in [0.29, 0.717) is 11.8 Å². The summed E-state index contributed by atoms with van der Waals surface area (Å²) in [7, 11) is 0. The van der Waals surface area contributed by atoms with Gasteiger partial charge in [0.15, 0.2) is 11.6 Å². The Morgan fingerprint density at radius 2 is 1.17 bits per heavy atom. The summed E-state index contributed by atoms with van der Waals surface area (Å²) in [5.74, 6) is 2.66. The van der Waals surface area contributed by atoms with E-state index in [9.17, 15) is 0 Å². The summed E-state index contributed by atoms with van der Waals surface area (Å²) >= 11 is 0. The first-order valence-corrected chi connectivity index (χ1v) is 7.21. The van der Waals surface area contributed by atoms with Crippen molar-refractivity contribution in [3.63, 3.8) is 0 Å². The van der Waals surface area contributed by atoms with Crippen LogP contribution in [0.25, 0.3) is 0 Å². The molecule has 1 N–H and O–H groups in total. The molecule has 98 valence electrons. The lowest BCUT2D eigenvalue weighted by Crippen LogP contribution is -2.28. The fourth-order valence-corrected chi connectivity index (χ4v) is 3.01. The monoisotopic (exact) mass is 247 g/mol. The Morgan fingerprint density at radius 1 is 0.667 bits per heavy atom. The summed E-state index contributed by atoms with van der Waals surface area (Å²) in [6.45, 7) is 2.11. The highest BCUT2D eigenvalue weighted by molar-refractivity contribution is 4.98. The zero-order valence-electron chi connectivity index (χ0n) is 10.8. The average Bonchev–Trinajstić information content (AvgIpc) is 2.49. The highest BCUT2D eigenvalue weighted by atomic mass is 15.3. The number of nitrogens with zero attached hydrogens (tertiary/aromatic N) is 4. The quantitative estimate of drug-likeness (QED) is 0.863. The maximum Gasteiger partial charge on any atom is 0.176 e. The van der Waals surface area contributed by atoms with Crippen LogP contribution in [0.5, 0.6) is 0 Å². The fourth-order valence-electron chi connectivity index (χ4n) is 3.01. The second kappa shape index (κ2) is 5.69. The van der Waals surface area contributed by atoms with Gasteiger partial charge in [-0.05, 0) is 38.8 Å². The third kappa shape index (κ3) is 2.66. The summed E-state index contributed by atoms with van der Waals surface area (Å²) in [6, 6.07) is 0. The molecule has 1 saturated heterocycles. The largest absolute Gasteiger partial charge is 0.317 e. The SMILES string of the molecule is C1CCC(c2nnc(C3CCNCC3)nn2)CC1. The predicted molar refractivity (Wildman–Crippen MR) is 68.3 cm³/mol. The van der Waals surface area contributed by atoms with Crippen LogP contribution in [-0.4, -0.2) is 33.5 Å². The van der Waals surface area contributed by atoms with Crippen LogP contribution in [0.4, 0.5) is 0 Å². The van der Waals surface area contributed by atoms with Gasteiger partial charge in [0, 0.05) is 11.8 Å². The Morgan fingerprint density at radius 3 is 1.72 bits per heavy atom. The summed E-state index contributed by atoms with van der Waals surface area (Å²) in [5, 5.41) is 20.7. The molecule has 1 aliphatic carbocycles. The number of hydrogen-bond donors (Lipinski definition) is 1. The highest BCUT2D eigenvalue weighted by Crippen LogP contribution is 2.30. The van der Waals surface area contributed by atoms with Crippen molar-refractivity contribution in [2.45, 2.75) is 56.8 Å². The van der Waals surface area contributed by atoms with Crippen LogP contribution >= 0.6 is 0 Å². The normalized spacial score (nSPS) is 23.1. The van der Waals surface area contributed by atoms with Gasteiger partial charge in [0.2, 0.25) is 0 Å². The lowest BCUT2D eigenvalue weighted by molar-refractivity contribution is 0.406. The topological polar surface area (TPSA) is 63.6 Å².